The van der Waals surface area contributed by atoms with E-state index in [1.54, 1.807) is 6.07 Å². The number of benzene rings is 2. The van der Waals surface area contributed by atoms with Gasteiger partial charge in [0.05, 0.1) is 12.5 Å². The smallest absolute Gasteiger partial charge is 0.429 e. The number of ether oxygens (including phenoxy) is 1. The molecule has 1 aliphatic carbocycles. The highest BCUT2D eigenvalue weighted by Gasteiger charge is 2.46. The Kier molecular flexibility index (Phi) is 12.9. The molecule has 3 aliphatic rings. The second-order valence-electron chi connectivity index (χ2n) is 14.3. The maximum atomic E-state index is 14.8. The van der Waals surface area contributed by atoms with Gasteiger partial charge in [0.1, 0.15) is 37.2 Å². The highest BCUT2D eigenvalue weighted by molar-refractivity contribution is 5.98. The van der Waals surface area contributed by atoms with Crippen molar-refractivity contribution in [3.8, 4) is 0 Å². The van der Waals surface area contributed by atoms with Crippen molar-refractivity contribution >= 4 is 36.0 Å². The van der Waals surface area contributed by atoms with E-state index in [9.17, 15) is 19.2 Å². The molecule has 3 aromatic rings. The maximum Gasteiger partial charge on any atom is 0.429 e. The first-order valence-electron chi connectivity index (χ1n) is 18.6. The normalized spacial score (nSPS) is 19.9. The third-order valence-electron chi connectivity index (χ3n) is 10.3. The lowest BCUT2D eigenvalue weighted by molar-refractivity contribution is -0.185. The van der Waals surface area contributed by atoms with Crippen molar-refractivity contribution in [1.82, 2.24) is 29.9 Å². The largest absolute Gasteiger partial charge is 0.443 e. The van der Waals surface area contributed by atoms with E-state index in [1.807, 2.05) is 60.7 Å². The molecule has 2 aromatic carbocycles. The van der Waals surface area contributed by atoms with E-state index in [4.69, 9.17) is 9.57 Å². The number of piperazine rings is 1. The van der Waals surface area contributed by atoms with Gasteiger partial charge in [-0.05, 0) is 43.9 Å². The number of rotatable bonds is 14. The van der Waals surface area contributed by atoms with Gasteiger partial charge in [-0.1, -0.05) is 86.3 Å². The minimum absolute atomic E-state index is 0.00123. The third-order valence-corrected chi connectivity index (χ3v) is 10.3. The zero-order valence-electron chi connectivity index (χ0n) is 30.6. The summed E-state index contributed by atoms with van der Waals surface area (Å²) in [7, 11) is 2.08. The van der Waals surface area contributed by atoms with Crippen molar-refractivity contribution in [2.24, 2.45) is 11.8 Å². The van der Waals surface area contributed by atoms with E-state index >= 15 is 0 Å². The van der Waals surface area contributed by atoms with Gasteiger partial charge in [0.2, 0.25) is 12.3 Å². The summed E-state index contributed by atoms with van der Waals surface area (Å²) in [6.45, 7) is 4.86. The number of nitrogens with one attached hydrogen (secondary N) is 1. The summed E-state index contributed by atoms with van der Waals surface area (Å²) in [4.78, 5) is 74.0. The van der Waals surface area contributed by atoms with Crippen LogP contribution in [0, 0.1) is 11.8 Å². The molecule has 1 saturated carbocycles. The number of likely N-dealkylation sites (N-methyl/N-ethyl adjacent to an activating group) is 1. The summed E-state index contributed by atoms with van der Waals surface area (Å²) >= 11 is 0. The number of carbonyl (C=O) groups is 4. The van der Waals surface area contributed by atoms with Crippen LogP contribution in [-0.2, 0) is 37.2 Å². The van der Waals surface area contributed by atoms with Gasteiger partial charge in [-0.15, -0.1) is 0 Å². The molecule has 14 nitrogen and oxygen atoms in total. The molecular formula is C39H50N8O6. The molecule has 1 N–H and O–H groups in total. The first kappa shape index (κ1) is 37.7. The van der Waals surface area contributed by atoms with Gasteiger partial charge in [-0.2, -0.15) is 0 Å². The fraction of sp³-hybridized carbons (Fsp3) is 0.487. The molecule has 2 saturated heterocycles. The minimum Gasteiger partial charge on any atom is -0.443 e. The molecule has 14 heteroatoms. The fourth-order valence-electron chi connectivity index (χ4n) is 7.56. The lowest BCUT2D eigenvalue weighted by Gasteiger charge is -2.39. The molecule has 1 aromatic heterocycles. The van der Waals surface area contributed by atoms with Crippen molar-refractivity contribution in [3.05, 3.63) is 84.2 Å². The van der Waals surface area contributed by atoms with Gasteiger partial charge >= 0.3 is 6.09 Å². The molecule has 4 amide bonds. The predicted molar refractivity (Wildman–Crippen MR) is 198 cm³/mol. The van der Waals surface area contributed by atoms with Crippen LogP contribution in [0.25, 0.3) is 0 Å². The molecule has 2 aliphatic heterocycles. The van der Waals surface area contributed by atoms with Gasteiger partial charge in [-0.25, -0.2) is 29.8 Å². The summed E-state index contributed by atoms with van der Waals surface area (Å²) in [5.41, 5.74) is 1.66. The number of hydrogen-bond donors (Lipinski definition) is 1. The molecule has 53 heavy (non-hydrogen) atoms. The van der Waals surface area contributed by atoms with E-state index in [2.05, 4.69) is 39.1 Å². The molecule has 0 bridgehead atoms. The Morgan fingerprint density at radius 1 is 0.943 bits per heavy atom. The zero-order chi connectivity index (χ0) is 37.2. The minimum atomic E-state index is -1.03. The Hall–Kier alpha value is -5.08. The van der Waals surface area contributed by atoms with E-state index in [0.29, 0.717) is 24.5 Å². The Labute approximate surface area is 311 Å². The van der Waals surface area contributed by atoms with Crippen LogP contribution in [0.1, 0.15) is 56.6 Å². The Morgan fingerprint density at radius 2 is 1.64 bits per heavy atom. The van der Waals surface area contributed by atoms with Gasteiger partial charge in [0.25, 0.3) is 5.91 Å². The Balaban J connectivity index is 1.23. The van der Waals surface area contributed by atoms with Gasteiger partial charge in [0, 0.05) is 38.3 Å². The first-order chi connectivity index (χ1) is 25.8. The highest BCUT2D eigenvalue weighted by atomic mass is 16.7. The Bertz CT molecular complexity index is 1680. The molecular weight excluding hydrogens is 676 g/mol. The average Bonchev–Trinajstić information content (AvgIpc) is 3.87. The maximum absolute atomic E-state index is 14.8. The predicted octanol–water partition coefficient (Wildman–Crippen LogP) is 4.50. The lowest BCUT2D eigenvalue weighted by Crippen LogP contribution is -2.55. The van der Waals surface area contributed by atoms with Crippen molar-refractivity contribution in [2.45, 2.75) is 70.7 Å². The average molecular weight is 727 g/mol. The third kappa shape index (κ3) is 9.87. The number of anilines is 2. The molecule has 0 unspecified atom stereocenters. The monoisotopic (exact) mass is 726 g/mol. The van der Waals surface area contributed by atoms with Crippen LogP contribution in [-0.4, -0.2) is 106 Å². The second-order valence-corrected chi connectivity index (χ2v) is 14.3. The number of hydroxylamine groups is 2. The van der Waals surface area contributed by atoms with Crippen molar-refractivity contribution in [1.29, 1.82) is 0 Å². The topological polar surface area (TPSA) is 141 Å². The summed E-state index contributed by atoms with van der Waals surface area (Å²) in [6, 6.07) is 19.6. The highest BCUT2D eigenvalue weighted by Crippen LogP contribution is 2.33. The molecule has 6 rings (SSSR count). The molecule has 3 heterocycles. The molecule has 282 valence electrons. The SMILES string of the molecule is C[C@@H]1CN(C)CCN1c1cc(NC(=O)[C@@H]2CCN(C(=O)OCc3ccccc3)N2C(=O)[C@H](CC2CCCC2)CN(C=O)OCc2ccccc2)ncn1. The molecule has 3 fully saturated rings. The lowest BCUT2D eigenvalue weighted by atomic mass is 9.92. The number of hydrazine groups is 1. The van der Waals surface area contributed by atoms with Gasteiger partial charge < -0.3 is 19.9 Å². The van der Waals surface area contributed by atoms with E-state index < -0.39 is 29.9 Å². The molecule has 0 spiro atoms. The van der Waals surface area contributed by atoms with E-state index in [1.165, 1.54) is 16.3 Å². The number of amides is 4. The summed E-state index contributed by atoms with van der Waals surface area (Å²) < 4.78 is 5.68. The quantitative estimate of drug-likeness (QED) is 0.187. The summed E-state index contributed by atoms with van der Waals surface area (Å²) in [6.07, 6.45) is 5.97. The number of carbonyl (C=O) groups excluding carboxylic acids is 4. The Morgan fingerprint density at radius 3 is 2.32 bits per heavy atom. The van der Waals surface area contributed by atoms with Crippen LogP contribution in [0.2, 0.25) is 0 Å². The van der Waals surface area contributed by atoms with Crippen LogP contribution < -0.4 is 10.2 Å². The van der Waals surface area contributed by atoms with E-state index in [-0.39, 0.29) is 44.7 Å². The van der Waals surface area contributed by atoms with Crippen molar-refractivity contribution in [3.63, 3.8) is 0 Å². The van der Waals surface area contributed by atoms with Gasteiger partial charge in [-0.3, -0.25) is 19.2 Å². The van der Waals surface area contributed by atoms with Crippen LogP contribution in [0.5, 0.6) is 0 Å². The molecule has 0 radical (unpaired) electrons. The first-order valence-corrected chi connectivity index (χ1v) is 18.6. The second kappa shape index (κ2) is 18.1. The zero-order valence-corrected chi connectivity index (χ0v) is 30.6. The van der Waals surface area contributed by atoms with Crippen LogP contribution in [0.15, 0.2) is 73.1 Å². The number of nitrogens with zero attached hydrogens (tertiary/aromatic N) is 7. The fourth-order valence-corrected chi connectivity index (χ4v) is 7.56. The molecule has 3 atom stereocenters. The van der Waals surface area contributed by atoms with Gasteiger partial charge in [0.15, 0.2) is 0 Å². The standard InChI is InChI=1S/C39H50N8O6/c1-29-23-43(2)19-20-45(29)36-22-35(40-27-41-36)42-37(49)34-17-18-46(39(51)52-25-31-13-5-3-6-14-31)47(34)38(50)33(21-30-11-9-10-12-30)24-44(28-48)53-26-32-15-7-4-8-16-32/h3-8,13-16,22,27-30,33-34H,9-12,17-21,23-26H2,1-2H3,(H,40,41,42,49)/t29-,33-,34+/m1/s1. The van der Waals surface area contributed by atoms with Crippen molar-refractivity contribution < 1.29 is 28.8 Å². The number of hydrogen-bond acceptors (Lipinski definition) is 10. The summed E-state index contributed by atoms with van der Waals surface area (Å²) in [5.74, 6) is -0.427. The summed E-state index contributed by atoms with van der Waals surface area (Å²) in [5, 5.41) is 6.52. The number of aromatic nitrogens is 2. The van der Waals surface area contributed by atoms with Crippen LogP contribution in [0.3, 0.4) is 0 Å². The van der Waals surface area contributed by atoms with Crippen LogP contribution in [0.4, 0.5) is 16.4 Å². The van der Waals surface area contributed by atoms with Crippen LogP contribution >= 0.6 is 0 Å². The van der Waals surface area contributed by atoms with Crippen molar-refractivity contribution in [2.75, 3.05) is 50.0 Å². The van der Waals surface area contributed by atoms with E-state index in [0.717, 1.165) is 61.5 Å².